The van der Waals surface area contributed by atoms with Crippen LogP contribution in [0, 0.1) is 19.3 Å². The van der Waals surface area contributed by atoms with Crippen LogP contribution in [0.1, 0.15) is 40.0 Å². The predicted octanol–water partition coefficient (Wildman–Crippen LogP) is 6.57. The Morgan fingerprint density at radius 2 is 1.86 bits per heavy atom. The molecule has 0 amide bonds. The van der Waals surface area contributed by atoms with Gasteiger partial charge in [0, 0.05) is 5.92 Å². The van der Waals surface area contributed by atoms with Crippen LogP contribution in [0.4, 0.5) is 0 Å². The van der Waals surface area contributed by atoms with Crippen molar-refractivity contribution in [1.82, 2.24) is 0 Å². The molecule has 0 N–H and O–H groups in total. The van der Waals surface area contributed by atoms with Crippen molar-refractivity contribution in [2.24, 2.45) is 11.8 Å². The van der Waals surface area contributed by atoms with Crippen LogP contribution in [-0.2, 0) is 25.3 Å². The van der Waals surface area contributed by atoms with Crippen molar-refractivity contribution in [3.05, 3.63) is 36.4 Å². The quantitative estimate of drug-likeness (QED) is 0.359. The van der Waals surface area contributed by atoms with Crippen LogP contribution in [0.15, 0.2) is 24.0 Å². The van der Waals surface area contributed by atoms with Crippen LogP contribution < -0.4 is 0 Å². The molecule has 2 rings (SSSR count). The van der Waals surface area contributed by atoms with Gasteiger partial charge in [0.2, 0.25) is 0 Å². The average molecular weight is 442 g/mol. The van der Waals surface area contributed by atoms with E-state index in [2.05, 4.69) is 52.1 Å². The Labute approximate surface area is 156 Å². The molecule has 0 aromatic heterocycles. The molecule has 126 valence electrons. The van der Waals surface area contributed by atoms with Crippen LogP contribution in [0.2, 0.25) is 13.1 Å². The summed E-state index contributed by atoms with van der Waals surface area (Å²) in [6, 6.07) is 0. The molecule has 22 heavy (non-hydrogen) atoms. The first-order valence-corrected chi connectivity index (χ1v) is 16.6. The van der Waals surface area contributed by atoms with Crippen molar-refractivity contribution in [3.63, 3.8) is 0 Å². The number of hydrogen-bond donors (Lipinski definition) is 0. The van der Waals surface area contributed by atoms with Gasteiger partial charge in [-0.25, -0.2) is 0 Å². The molecule has 6 heteroatoms. The second kappa shape index (κ2) is 10.0. The summed E-state index contributed by atoms with van der Waals surface area (Å²) >= 11 is -0.826. The zero-order chi connectivity index (χ0) is 16.1. The fourth-order valence-electron chi connectivity index (χ4n) is 3.22. The maximum atomic E-state index is 6.35. The normalized spacial score (nSPS) is 23.3. The maximum absolute atomic E-state index is 6.35. The molecule has 2 aliphatic carbocycles. The van der Waals surface area contributed by atoms with Crippen LogP contribution in [0.25, 0.3) is 4.98 Å². The topological polar surface area (TPSA) is 23.3 Å². The van der Waals surface area contributed by atoms with Gasteiger partial charge in [0.15, 0.2) is 0 Å². The summed E-state index contributed by atoms with van der Waals surface area (Å²) < 4.78 is 6.35. The van der Waals surface area contributed by atoms with Crippen molar-refractivity contribution in [1.29, 1.82) is 0 Å². The molecular formula is C16H29Cl2NOSiZr. The third-order valence-corrected chi connectivity index (χ3v) is 5.47. The van der Waals surface area contributed by atoms with Gasteiger partial charge in [-0.15, -0.1) is 5.54 Å². The molecule has 0 aromatic rings. The number of halogens is 2. The molecular weight excluding hydrogens is 412 g/mol. The fraction of sp³-hybridized carbons (Fsp3) is 0.688. The van der Waals surface area contributed by atoms with Gasteiger partial charge >= 0.3 is 37.9 Å². The zero-order valence-corrected chi connectivity index (χ0v) is 19.6. The molecule has 1 fully saturated rings. The Kier molecular flexibility index (Phi) is 10.5. The Balaban J connectivity index is 0.00000102. The zero-order valence-electron chi connectivity index (χ0n) is 14.6. The van der Waals surface area contributed by atoms with Crippen molar-refractivity contribution in [2.45, 2.75) is 58.7 Å². The van der Waals surface area contributed by atoms with E-state index in [1.807, 2.05) is 0 Å². The molecule has 2 nitrogen and oxygen atoms in total. The number of allylic oxidation sites excluding steroid dienone is 4. The van der Waals surface area contributed by atoms with Crippen LogP contribution in [0.5, 0.6) is 0 Å². The Morgan fingerprint density at radius 1 is 1.27 bits per heavy atom. The number of nitrogens with zero attached hydrogens (tertiary/aromatic N) is 1. The summed E-state index contributed by atoms with van der Waals surface area (Å²) in [6.45, 7) is 10.8. The Hall–Kier alpha value is 0.920. The number of hydrogen-bond acceptors (Lipinski definition) is 1. The molecule has 0 bridgehead atoms. The fourth-order valence-corrected chi connectivity index (χ4v) is 5.68. The van der Waals surface area contributed by atoms with Gasteiger partial charge in [-0.3, -0.25) is 0 Å². The second-order valence-corrected chi connectivity index (χ2v) is 14.1. The van der Waals surface area contributed by atoms with Gasteiger partial charge in [-0.2, -0.15) is 0 Å². The minimum atomic E-state index is -1.96. The molecule has 0 radical (unpaired) electrons. The average Bonchev–Trinajstić information content (AvgIpc) is 2.75. The van der Waals surface area contributed by atoms with E-state index >= 15 is 0 Å². The van der Waals surface area contributed by atoms with E-state index in [0.29, 0.717) is 11.8 Å². The second-order valence-electron chi connectivity index (χ2n) is 7.06. The van der Waals surface area contributed by atoms with E-state index in [4.69, 9.17) is 26.4 Å². The van der Waals surface area contributed by atoms with E-state index in [1.165, 1.54) is 25.0 Å². The number of rotatable bonds is 3. The van der Waals surface area contributed by atoms with E-state index in [1.54, 1.807) is 0 Å². The molecule has 0 heterocycles. The third-order valence-electron chi connectivity index (χ3n) is 3.53. The summed E-state index contributed by atoms with van der Waals surface area (Å²) in [4.78, 5) is 4.90. The standard InChI is InChI=1S/C15H26NOSi.CH3.2ClH.Zr/c1-15(2,3)16-18(4,5)17-14-11-7-9-12-8-6-10-13(12)14;;;;/h7,9,11-13H,6,8,10H2,1-5H3;1H3;2*1H;/q2*-1;;;+4/p-2. The van der Waals surface area contributed by atoms with Gasteiger partial charge in [-0.1, -0.05) is 52.4 Å². The van der Waals surface area contributed by atoms with Crippen LogP contribution in [0.3, 0.4) is 0 Å². The molecule has 2 atom stereocenters. The molecule has 0 aromatic carbocycles. The predicted molar refractivity (Wildman–Crippen MR) is 97.9 cm³/mol. The summed E-state index contributed by atoms with van der Waals surface area (Å²) in [5.74, 6) is 2.53. The molecule has 2 aliphatic rings. The van der Waals surface area contributed by atoms with Crippen molar-refractivity contribution in [3.8, 4) is 0 Å². The first kappa shape index (κ1) is 22.9. The monoisotopic (exact) mass is 439 g/mol. The Morgan fingerprint density at radius 3 is 2.41 bits per heavy atom. The molecule has 0 spiro atoms. The summed E-state index contributed by atoms with van der Waals surface area (Å²) in [5.41, 5.74) is -0.00410. The molecule has 2 unspecified atom stereocenters. The minimum absolute atomic E-state index is 0. The van der Waals surface area contributed by atoms with Crippen molar-refractivity contribution in [2.75, 3.05) is 0 Å². The van der Waals surface area contributed by atoms with Crippen molar-refractivity contribution >= 4 is 25.5 Å². The summed E-state index contributed by atoms with van der Waals surface area (Å²) in [5, 5.41) is 0. The number of fused-ring (bicyclic) bond motifs is 1. The molecule has 1 saturated carbocycles. The van der Waals surface area contributed by atoms with E-state index < -0.39 is 29.3 Å². The molecule has 0 saturated heterocycles. The van der Waals surface area contributed by atoms with E-state index in [9.17, 15) is 0 Å². The van der Waals surface area contributed by atoms with E-state index in [0.717, 1.165) is 0 Å². The summed E-state index contributed by atoms with van der Waals surface area (Å²) in [6.07, 6.45) is 10.6. The van der Waals surface area contributed by atoms with Crippen LogP contribution in [-0.4, -0.2) is 14.0 Å². The van der Waals surface area contributed by atoms with Gasteiger partial charge in [-0.05, 0) is 24.8 Å². The third kappa shape index (κ3) is 8.15. The van der Waals surface area contributed by atoms with Crippen molar-refractivity contribution < 1.29 is 25.3 Å². The summed E-state index contributed by atoms with van der Waals surface area (Å²) in [7, 11) is 7.90. The van der Waals surface area contributed by atoms with E-state index in [-0.39, 0.29) is 13.0 Å². The van der Waals surface area contributed by atoms with Gasteiger partial charge in [0.05, 0.1) is 5.76 Å². The van der Waals surface area contributed by atoms with Gasteiger partial charge in [0.1, 0.15) is 8.48 Å². The Bertz CT molecular complexity index is 394. The first-order chi connectivity index (χ1) is 9.68. The van der Waals surface area contributed by atoms with Crippen LogP contribution >= 0.6 is 17.0 Å². The van der Waals surface area contributed by atoms with Gasteiger partial charge < -0.3 is 16.8 Å². The molecule has 0 aliphatic heterocycles. The first-order valence-electron chi connectivity index (χ1n) is 7.46. The van der Waals surface area contributed by atoms with Gasteiger partial charge in [0.25, 0.3) is 0 Å². The SMILES string of the molecule is CC(C)(C)[N-][Si](C)(C)OC1=CC=CC2CCCC12.[CH3-].[Cl][Zr+2][Cl].